The van der Waals surface area contributed by atoms with Crippen LogP contribution in [0, 0.1) is 17.6 Å². The lowest BCUT2D eigenvalue weighted by molar-refractivity contribution is -0.143. The SMILES string of the molecule is COC(=O)N1CCc2ccc3c(nc([C@@H]4CCC[C@@H](C(=O)O)C4)n3[C@@H](C)Cc3ccc(F)c(F)c3)c2C1. The average Bonchev–Trinajstić information content (AvgIpc) is 3.30. The molecule has 0 spiro atoms. The zero-order chi connectivity index (χ0) is 26.3. The van der Waals surface area contributed by atoms with Crippen molar-refractivity contribution in [1.29, 1.82) is 0 Å². The molecule has 0 unspecified atom stereocenters. The summed E-state index contributed by atoms with van der Waals surface area (Å²) in [6.07, 6.45) is 3.56. The number of nitrogens with zero attached hydrogens (tertiary/aromatic N) is 3. The topological polar surface area (TPSA) is 84.7 Å². The van der Waals surface area contributed by atoms with E-state index in [4.69, 9.17) is 9.72 Å². The molecule has 5 rings (SSSR count). The summed E-state index contributed by atoms with van der Waals surface area (Å²) >= 11 is 0. The second kappa shape index (κ2) is 10.1. The van der Waals surface area contributed by atoms with Gasteiger partial charge in [-0.05, 0) is 68.4 Å². The third-order valence-corrected chi connectivity index (χ3v) is 7.87. The molecule has 1 amide bonds. The quantitative estimate of drug-likeness (QED) is 0.482. The summed E-state index contributed by atoms with van der Waals surface area (Å²) < 4.78 is 34.6. The smallest absolute Gasteiger partial charge is 0.409 e. The fourth-order valence-corrected chi connectivity index (χ4v) is 6.00. The summed E-state index contributed by atoms with van der Waals surface area (Å²) in [5.41, 5.74) is 4.47. The Kier molecular flexibility index (Phi) is 6.88. The molecule has 1 fully saturated rings. The molecule has 2 aromatic carbocycles. The Hall–Kier alpha value is -3.49. The minimum atomic E-state index is -0.881. The van der Waals surface area contributed by atoms with Crippen LogP contribution in [0.4, 0.5) is 13.6 Å². The molecule has 3 atom stereocenters. The molecule has 7 nitrogen and oxygen atoms in total. The predicted octanol–water partition coefficient (Wildman–Crippen LogP) is 5.60. The van der Waals surface area contributed by atoms with E-state index >= 15 is 0 Å². The average molecular weight is 512 g/mol. The summed E-state index contributed by atoms with van der Waals surface area (Å²) in [4.78, 5) is 30.8. The number of halogens is 2. The minimum Gasteiger partial charge on any atom is -0.481 e. The first kappa shape index (κ1) is 25.2. The number of imidazole rings is 1. The maximum absolute atomic E-state index is 13.9. The number of carbonyl (C=O) groups is 2. The number of methoxy groups -OCH3 is 1. The first-order valence-corrected chi connectivity index (χ1v) is 12.8. The molecular formula is C28H31F2N3O4. The zero-order valence-electron chi connectivity index (χ0n) is 21.0. The van der Waals surface area contributed by atoms with Crippen LogP contribution in [0.3, 0.4) is 0 Å². The molecule has 196 valence electrons. The first-order valence-electron chi connectivity index (χ1n) is 12.8. The van der Waals surface area contributed by atoms with E-state index in [1.165, 1.54) is 13.2 Å². The van der Waals surface area contributed by atoms with Gasteiger partial charge in [0.2, 0.25) is 0 Å². The summed E-state index contributed by atoms with van der Waals surface area (Å²) in [5.74, 6) is -2.18. The molecule has 2 aliphatic rings. The van der Waals surface area contributed by atoms with Gasteiger partial charge in [-0.15, -0.1) is 0 Å². The number of aromatic nitrogens is 2. The normalized spacial score (nSPS) is 20.5. The second-order valence-corrected chi connectivity index (χ2v) is 10.3. The van der Waals surface area contributed by atoms with Gasteiger partial charge in [-0.2, -0.15) is 0 Å². The number of carbonyl (C=O) groups excluding carboxylic acids is 1. The molecule has 37 heavy (non-hydrogen) atoms. The molecule has 0 bridgehead atoms. The zero-order valence-corrected chi connectivity index (χ0v) is 21.0. The number of aliphatic carboxylic acids is 1. The van der Waals surface area contributed by atoms with Crippen molar-refractivity contribution in [3.05, 3.63) is 64.5 Å². The van der Waals surface area contributed by atoms with E-state index in [-0.39, 0.29) is 18.1 Å². The van der Waals surface area contributed by atoms with Crippen molar-refractivity contribution in [3.8, 4) is 0 Å². The van der Waals surface area contributed by atoms with Crippen molar-refractivity contribution in [2.24, 2.45) is 5.92 Å². The van der Waals surface area contributed by atoms with Gasteiger partial charge >= 0.3 is 12.1 Å². The largest absolute Gasteiger partial charge is 0.481 e. The number of benzene rings is 2. The Morgan fingerprint density at radius 3 is 2.73 bits per heavy atom. The number of rotatable bonds is 5. The summed E-state index contributed by atoms with van der Waals surface area (Å²) in [6, 6.07) is 7.92. The highest BCUT2D eigenvalue weighted by Gasteiger charge is 2.33. The number of carboxylic acid groups (broad SMARTS) is 1. The van der Waals surface area contributed by atoms with E-state index in [2.05, 4.69) is 10.6 Å². The Morgan fingerprint density at radius 2 is 2.00 bits per heavy atom. The van der Waals surface area contributed by atoms with Crippen LogP contribution in [0.2, 0.25) is 0 Å². The summed E-state index contributed by atoms with van der Waals surface area (Å²) in [6.45, 7) is 2.97. The standard InChI is InChI=1S/C28H31F2N3O4/c1-16(12-17-6-8-22(29)23(30)13-17)33-24-9-7-18-10-11-32(28(36)37-2)15-21(18)25(24)31-26(33)19-4-3-5-20(14-19)27(34)35/h6-9,13,16,19-20H,3-5,10-12,14-15H2,1-2H3,(H,34,35)/t16-,19+,20+/m0/s1. The van der Waals surface area contributed by atoms with Gasteiger partial charge in [0, 0.05) is 24.1 Å². The Morgan fingerprint density at radius 1 is 1.19 bits per heavy atom. The van der Waals surface area contributed by atoms with Crippen LogP contribution >= 0.6 is 0 Å². The monoisotopic (exact) mass is 511 g/mol. The fourth-order valence-electron chi connectivity index (χ4n) is 6.00. The van der Waals surface area contributed by atoms with E-state index in [0.29, 0.717) is 44.3 Å². The van der Waals surface area contributed by atoms with Crippen molar-refractivity contribution < 1.29 is 28.2 Å². The predicted molar refractivity (Wildman–Crippen MR) is 133 cm³/mol. The van der Waals surface area contributed by atoms with Gasteiger partial charge in [0.1, 0.15) is 5.82 Å². The minimum absolute atomic E-state index is 0.0365. The summed E-state index contributed by atoms with van der Waals surface area (Å²) in [7, 11) is 1.37. The molecule has 1 N–H and O–H groups in total. The highest BCUT2D eigenvalue weighted by Crippen LogP contribution is 2.40. The molecule has 9 heteroatoms. The van der Waals surface area contributed by atoms with Gasteiger partial charge in [0.05, 0.1) is 30.6 Å². The first-order chi connectivity index (χ1) is 17.8. The van der Waals surface area contributed by atoms with Crippen LogP contribution in [-0.2, 0) is 28.9 Å². The van der Waals surface area contributed by atoms with E-state index in [9.17, 15) is 23.5 Å². The lowest BCUT2D eigenvalue weighted by Gasteiger charge is -2.28. The molecule has 3 aromatic rings. The number of ether oxygens (including phenoxy) is 1. The van der Waals surface area contributed by atoms with Crippen molar-refractivity contribution >= 4 is 23.1 Å². The number of carboxylic acids is 1. The van der Waals surface area contributed by atoms with E-state index in [1.54, 1.807) is 11.0 Å². The Balaban J connectivity index is 1.60. The van der Waals surface area contributed by atoms with E-state index in [1.807, 2.05) is 13.0 Å². The highest BCUT2D eigenvalue weighted by molar-refractivity contribution is 5.82. The third kappa shape index (κ3) is 4.79. The van der Waals surface area contributed by atoms with Gasteiger partial charge in [-0.25, -0.2) is 18.6 Å². The fraction of sp³-hybridized carbons (Fsp3) is 0.464. The van der Waals surface area contributed by atoms with Crippen LogP contribution < -0.4 is 0 Å². The van der Waals surface area contributed by atoms with E-state index < -0.39 is 23.5 Å². The molecule has 0 saturated heterocycles. The maximum Gasteiger partial charge on any atom is 0.409 e. The van der Waals surface area contributed by atoms with Crippen LogP contribution in [0.25, 0.3) is 11.0 Å². The van der Waals surface area contributed by atoms with Gasteiger partial charge in [0.25, 0.3) is 0 Å². The van der Waals surface area contributed by atoms with Gasteiger partial charge in [-0.3, -0.25) is 4.79 Å². The van der Waals surface area contributed by atoms with Crippen molar-refractivity contribution in [2.75, 3.05) is 13.7 Å². The molecule has 0 radical (unpaired) electrons. The van der Waals surface area contributed by atoms with Crippen molar-refractivity contribution in [1.82, 2.24) is 14.5 Å². The Labute approximate surface area is 214 Å². The third-order valence-electron chi connectivity index (χ3n) is 7.87. The summed E-state index contributed by atoms with van der Waals surface area (Å²) in [5, 5.41) is 9.68. The highest BCUT2D eigenvalue weighted by atomic mass is 19.2. The molecular weight excluding hydrogens is 480 g/mol. The second-order valence-electron chi connectivity index (χ2n) is 10.3. The molecule has 2 heterocycles. The van der Waals surface area contributed by atoms with E-state index in [0.717, 1.165) is 46.9 Å². The Bertz CT molecular complexity index is 1350. The number of amides is 1. The van der Waals surface area contributed by atoms with Crippen LogP contribution in [0.1, 0.15) is 67.1 Å². The number of hydrogen-bond donors (Lipinski definition) is 1. The molecule has 1 aromatic heterocycles. The maximum atomic E-state index is 13.9. The van der Waals surface area contributed by atoms with Crippen molar-refractivity contribution in [3.63, 3.8) is 0 Å². The van der Waals surface area contributed by atoms with Crippen LogP contribution in [-0.4, -0.2) is 45.3 Å². The van der Waals surface area contributed by atoms with Gasteiger partial charge in [-0.1, -0.05) is 18.6 Å². The molecule has 1 saturated carbocycles. The molecule has 1 aliphatic heterocycles. The van der Waals surface area contributed by atoms with Crippen LogP contribution in [0.15, 0.2) is 30.3 Å². The lowest BCUT2D eigenvalue weighted by atomic mass is 9.81. The van der Waals surface area contributed by atoms with Crippen molar-refractivity contribution in [2.45, 2.75) is 64.0 Å². The number of fused-ring (bicyclic) bond motifs is 3. The van der Waals surface area contributed by atoms with Crippen LogP contribution in [0.5, 0.6) is 0 Å². The lowest BCUT2D eigenvalue weighted by Crippen LogP contribution is -2.35. The number of hydrogen-bond acceptors (Lipinski definition) is 4. The molecule has 1 aliphatic carbocycles. The van der Waals surface area contributed by atoms with Gasteiger partial charge in [0.15, 0.2) is 11.6 Å². The van der Waals surface area contributed by atoms with Gasteiger partial charge < -0.3 is 19.3 Å².